The second-order valence-corrected chi connectivity index (χ2v) is 9.36. The molecule has 0 saturated carbocycles. The predicted molar refractivity (Wildman–Crippen MR) is 123 cm³/mol. The quantitative estimate of drug-likeness (QED) is 0.407. The first-order chi connectivity index (χ1) is 15.3. The van der Waals surface area contributed by atoms with Crippen LogP contribution in [0.4, 0.5) is 0 Å². The zero-order valence-corrected chi connectivity index (χ0v) is 18.9. The van der Waals surface area contributed by atoms with Crippen molar-refractivity contribution in [3.8, 4) is 0 Å². The van der Waals surface area contributed by atoms with Gasteiger partial charge in [-0.05, 0) is 35.9 Å². The Balaban J connectivity index is 1.55. The maximum Gasteiger partial charge on any atom is 0.244 e. The first-order valence-electron chi connectivity index (χ1n) is 10.3. The molecule has 3 rings (SSSR count). The van der Waals surface area contributed by atoms with Crippen molar-refractivity contribution in [2.24, 2.45) is 0 Å². The minimum absolute atomic E-state index is 0.0792. The van der Waals surface area contributed by atoms with Gasteiger partial charge in [-0.3, -0.25) is 4.79 Å². The molecule has 0 aliphatic heterocycles. The van der Waals surface area contributed by atoms with E-state index in [0.717, 1.165) is 11.1 Å². The minimum Gasteiger partial charge on any atom is -0.468 e. The van der Waals surface area contributed by atoms with Gasteiger partial charge in [0.2, 0.25) is 15.9 Å². The fraction of sp³-hybridized carbons (Fsp3) is 0.208. The second-order valence-electron chi connectivity index (χ2n) is 7.59. The van der Waals surface area contributed by atoms with E-state index in [1.807, 2.05) is 18.2 Å². The number of sulfonamides is 1. The van der Waals surface area contributed by atoms with Crippen molar-refractivity contribution in [2.45, 2.75) is 17.5 Å². The zero-order chi connectivity index (χ0) is 23.0. The molecule has 7 nitrogen and oxygen atoms in total. The number of quaternary nitrogens is 1. The first-order valence-corrected chi connectivity index (χ1v) is 11.8. The van der Waals surface area contributed by atoms with Gasteiger partial charge in [-0.15, -0.1) is 0 Å². The van der Waals surface area contributed by atoms with Crippen LogP contribution in [-0.4, -0.2) is 35.0 Å². The van der Waals surface area contributed by atoms with Crippen LogP contribution in [0.3, 0.4) is 0 Å². The molecule has 8 heteroatoms. The third-order valence-electron chi connectivity index (χ3n) is 5.01. The molecule has 0 aliphatic rings. The number of hydrogen-bond donors (Lipinski definition) is 3. The highest BCUT2D eigenvalue weighted by Gasteiger charge is 2.18. The first kappa shape index (κ1) is 23.5. The monoisotopic (exact) mass is 454 g/mol. The van der Waals surface area contributed by atoms with Gasteiger partial charge in [-0.1, -0.05) is 42.5 Å². The molecule has 1 atom stereocenters. The number of carbonyl (C=O) groups excluding carboxylic acids is 1. The van der Waals surface area contributed by atoms with E-state index in [4.69, 9.17) is 4.42 Å². The molecule has 3 aromatic rings. The van der Waals surface area contributed by atoms with Gasteiger partial charge >= 0.3 is 0 Å². The summed E-state index contributed by atoms with van der Waals surface area (Å²) in [6.45, 7) is 0.587. The Morgan fingerprint density at radius 3 is 2.38 bits per heavy atom. The van der Waals surface area contributed by atoms with Gasteiger partial charge in [0.1, 0.15) is 11.8 Å². The Labute approximate surface area is 188 Å². The van der Waals surface area contributed by atoms with Crippen molar-refractivity contribution in [1.82, 2.24) is 10.0 Å². The molecule has 2 aromatic carbocycles. The minimum atomic E-state index is -3.65. The van der Waals surface area contributed by atoms with Crippen LogP contribution in [0.2, 0.25) is 0 Å². The Morgan fingerprint density at radius 2 is 1.75 bits per heavy atom. The lowest BCUT2D eigenvalue weighted by molar-refractivity contribution is -0.890. The summed E-state index contributed by atoms with van der Waals surface area (Å²) in [5.74, 6) is 0.327. The van der Waals surface area contributed by atoms with Gasteiger partial charge in [0.15, 0.2) is 0 Å². The Kier molecular flexibility index (Phi) is 7.99. The maximum absolute atomic E-state index is 12.4. The van der Waals surface area contributed by atoms with E-state index in [-0.39, 0.29) is 23.4 Å². The lowest BCUT2D eigenvalue weighted by atomic mass is 10.1. The van der Waals surface area contributed by atoms with Gasteiger partial charge in [0, 0.05) is 11.6 Å². The van der Waals surface area contributed by atoms with E-state index >= 15 is 0 Å². The van der Waals surface area contributed by atoms with Crippen molar-refractivity contribution in [1.29, 1.82) is 0 Å². The Hall–Kier alpha value is -3.20. The van der Waals surface area contributed by atoms with Gasteiger partial charge in [0.25, 0.3) is 0 Å². The lowest BCUT2D eigenvalue weighted by Gasteiger charge is -2.21. The predicted octanol–water partition coefficient (Wildman–Crippen LogP) is 1.77. The van der Waals surface area contributed by atoms with E-state index in [9.17, 15) is 13.2 Å². The van der Waals surface area contributed by atoms with Crippen LogP contribution in [0.1, 0.15) is 22.9 Å². The topological polar surface area (TPSA) is 92.9 Å². The maximum atomic E-state index is 12.4. The average Bonchev–Trinajstić information content (AvgIpc) is 3.31. The number of amides is 1. The number of furan rings is 1. The molecule has 0 saturated heterocycles. The SMILES string of the molecule is C[NH+](C)[C@@H](CNC(=O)/C=C/c1ccc(S(=O)(=O)NCc2ccco2)cc1)c1ccccc1. The van der Waals surface area contributed by atoms with Crippen LogP contribution in [0.15, 0.2) is 88.4 Å². The van der Waals surface area contributed by atoms with Crippen LogP contribution in [0.5, 0.6) is 0 Å². The summed E-state index contributed by atoms with van der Waals surface area (Å²) in [7, 11) is 0.456. The highest BCUT2D eigenvalue weighted by Crippen LogP contribution is 2.13. The van der Waals surface area contributed by atoms with E-state index in [2.05, 4.69) is 36.3 Å². The molecule has 1 aromatic heterocycles. The van der Waals surface area contributed by atoms with E-state index in [0.29, 0.717) is 12.3 Å². The molecule has 0 spiro atoms. The molecular formula is C24H28N3O4S+. The van der Waals surface area contributed by atoms with Crippen molar-refractivity contribution in [3.63, 3.8) is 0 Å². The molecule has 32 heavy (non-hydrogen) atoms. The molecule has 1 heterocycles. The number of likely N-dealkylation sites (N-methyl/N-ethyl adjacent to an activating group) is 1. The summed E-state index contributed by atoms with van der Waals surface area (Å²) in [5, 5.41) is 2.94. The Morgan fingerprint density at radius 1 is 1.03 bits per heavy atom. The van der Waals surface area contributed by atoms with E-state index < -0.39 is 10.0 Å². The smallest absolute Gasteiger partial charge is 0.244 e. The van der Waals surface area contributed by atoms with E-state index in [1.54, 1.807) is 30.3 Å². The molecular weight excluding hydrogens is 426 g/mol. The largest absolute Gasteiger partial charge is 0.468 e. The van der Waals surface area contributed by atoms with Crippen LogP contribution >= 0.6 is 0 Å². The summed E-state index contributed by atoms with van der Waals surface area (Å²) < 4.78 is 32.4. The molecule has 3 N–H and O–H groups in total. The highest BCUT2D eigenvalue weighted by molar-refractivity contribution is 7.89. The highest BCUT2D eigenvalue weighted by atomic mass is 32.2. The summed E-state index contributed by atoms with van der Waals surface area (Å²) in [6, 6.07) is 19.9. The van der Waals surface area contributed by atoms with Crippen LogP contribution in [0.25, 0.3) is 6.08 Å². The molecule has 1 amide bonds. The second kappa shape index (κ2) is 10.9. The molecule has 0 fully saturated rings. The fourth-order valence-corrected chi connectivity index (χ4v) is 4.19. The number of carbonyl (C=O) groups is 1. The van der Waals surface area contributed by atoms with Gasteiger partial charge < -0.3 is 14.6 Å². The zero-order valence-electron chi connectivity index (χ0n) is 18.1. The van der Waals surface area contributed by atoms with Crippen molar-refractivity contribution >= 4 is 22.0 Å². The molecule has 0 radical (unpaired) electrons. The third-order valence-corrected chi connectivity index (χ3v) is 6.43. The lowest BCUT2D eigenvalue weighted by Crippen LogP contribution is -3.07. The summed E-state index contributed by atoms with van der Waals surface area (Å²) in [4.78, 5) is 13.6. The van der Waals surface area contributed by atoms with Crippen molar-refractivity contribution < 1.29 is 22.5 Å². The number of rotatable bonds is 10. The van der Waals surface area contributed by atoms with Crippen LogP contribution in [0, 0.1) is 0 Å². The number of hydrogen-bond acceptors (Lipinski definition) is 4. The molecule has 0 unspecified atom stereocenters. The fourth-order valence-electron chi connectivity index (χ4n) is 3.19. The molecule has 0 aliphatic carbocycles. The van der Waals surface area contributed by atoms with Crippen LogP contribution in [-0.2, 0) is 21.4 Å². The van der Waals surface area contributed by atoms with Gasteiger partial charge in [-0.2, -0.15) is 0 Å². The van der Waals surface area contributed by atoms with Gasteiger partial charge in [-0.25, -0.2) is 13.1 Å². The van der Waals surface area contributed by atoms with Crippen molar-refractivity contribution in [3.05, 3.63) is 96.0 Å². The average molecular weight is 455 g/mol. The third kappa shape index (κ3) is 6.65. The van der Waals surface area contributed by atoms with E-state index in [1.165, 1.54) is 29.4 Å². The number of nitrogens with one attached hydrogen (secondary N) is 3. The Bertz CT molecular complexity index is 1120. The summed E-state index contributed by atoms with van der Waals surface area (Å²) in [6.07, 6.45) is 4.60. The standard InChI is InChI=1S/C24H27N3O4S/c1-27(2)23(20-7-4-3-5-8-20)18-25-24(28)15-12-19-10-13-22(14-11-19)32(29,30)26-17-21-9-6-16-31-21/h3-16,23,26H,17-18H2,1-2H3,(H,25,28)/p+1/b15-12+/t23-/m0/s1. The summed E-state index contributed by atoms with van der Waals surface area (Å²) in [5.41, 5.74) is 1.89. The summed E-state index contributed by atoms with van der Waals surface area (Å²) >= 11 is 0. The molecule has 0 bridgehead atoms. The number of benzene rings is 2. The van der Waals surface area contributed by atoms with Crippen LogP contribution < -0.4 is 14.9 Å². The van der Waals surface area contributed by atoms with Crippen molar-refractivity contribution in [2.75, 3.05) is 20.6 Å². The van der Waals surface area contributed by atoms with Gasteiger partial charge in [0.05, 0.1) is 38.3 Å². The normalized spacial score (nSPS) is 12.8. The molecule has 168 valence electrons.